The molecule has 0 aliphatic heterocycles. The van der Waals surface area contributed by atoms with Crippen molar-refractivity contribution in [1.29, 1.82) is 0 Å². The normalized spacial score (nSPS) is 16.2. The highest BCUT2D eigenvalue weighted by molar-refractivity contribution is 14.1. The molecule has 2 rings (SSSR count). The van der Waals surface area contributed by atoms with Crippen LogP contribution in [0.3, 0.4) is 0 Å². The molecule has 1 aliphatic carbocycles. The summed E-state index contributed by atoms with van der Waals surface area (Å²) in [5.74, 6) is 0.226. The van der Waals surface area contributed by atoms with Crippen LogP contribution in [-0.4, -0.2) is 11.1 Å². The summed E-state index contributed by atoms with van der Waals surface area (Å²) in [6, 6.07) is 1.38. The largest absolute Gasteiger partial charge is 0.489 e. The van der Waals surface area contributed by atoms with E-state index in [0.29, 0.717) is 15.6 Å². The summed E-state index contributed by atoms with van der Waals surface area (Å²) in [6.07, 6.45) is 4.01. The Labute approximate surface area is 83.3 Å². The van der Waals surface area contributed by atoms with Gasteiger partial charge < -0.3 is 4.74 Å². The van der Waals surface area contributed by atoms with E-state index in [1.807, 2.05) is 22.6 Å². The number of hydrogen-bond acceptors (Lipinski definition) is 2. The third-order valence-electron chi connectivity index (χ3n) is 1.60. The van der Waals surface area contributed by atoms with Crippen molar-refractivity contribution in [2.45, 2.75) is 18.9 Å². The summed E-state index contributed by atoms with van der Waals surface area (Å²) in [5, 5.41) is 0. The van der Waals surface area contributed by atoms with Gasteiger partial charge in [-0.3, -0.25) is 0 Å². The van der Waals surface area contributed by atoms with Gasteiger partial charge >= 0.3 is 0 Å². The number of rotatable bonds is 2. The van der Waals surface area contributed by atoms with Crippen LogP contribution in [0.15, 0.2) is 12.3 Å². The molecule has 1 aromatic heterocycles. The molecule has 0 N–H and O–H groups in total. The van der Waals surface area contributed by atoms with Crippen LogP contribution in [0.25, 0.3) is 0 Å². The van der Waals surface area contributed by atoms with E-state index in [0.717, 1.165) is 12.8 Å². The Morgan fingerprint density at radius 3 is 2.92 bits per heavy atom. The molecule has 1 aliphatic rings. The zero-order valence-corrected chi connectivity index (χ0v) is 8.42. The average Bonchev–Trinajstić information content (AvgIpc) is 2.81. The molecule has 4 heteroatoms. The lowest BCUT2D eigenvalue weighted by Crippen LogP contribution is -1.98. The maximum atomic E-state index is 12.9. The summed E-state index contributed by atoms with van der Waals surface area (Å²) in [4.78, 5) is 3.85. The molecule has 0 saturated heterocycles. The van der Waals surface area contributed by atoms with Gasteiger partial charge in [0.05, 0.1) is 12.3 Å². The number of ether oxygens (including phenoxy) is 1. The van der Waals surface area contributed by atoms with Crippen molar-refractivity contribution in [3.63, 3.8) is 0 Å². The molecule has 0 bridgehead atoms. The smallest absolute Gasteiger partial charge is 0.158 e. The molecular weight excluding hydrogens is 272 g/mol. The molecule has 0 atom stereocenters. The Kier molecular flexibility index (Phi) is 2.16. The molecule has 12 heavy (non-hydrogen) atoms. The zero-order chi connectivity index (χ0) is 8.55. The van der Waals surface area contributed by atoms with Crippen molar-refractivity contribution in [2.75, 3.05) is 0 Å². The van der Waals surface area contributed by atoms with Crippen LogP contribution < -0.4 is 4.74 Å². The van der Waals surface area contributed by atoms with Crippen molar-refractivity contribution >= 4 is 22.6 Å². The standard InChI is InChI=1S/C8H7FINO/c9-7-3-6(4-11-8(7)10)12-5-1-2-5/h3-5H,1-2H2. The topological polar surface area (TPSA) is 22.1 Å². The summed E-state index contributed by atoms with van der Waals surface area (Å²) in [6.45, 7) is 0. The van der Waals surface area contributed by atoms with Gasteiger partial charge in [0, 0.05) is 6.07 Å². The highest BCUT2D eigenvalue weighted by atomic mass is 127. The second kappa shape index (κ2) is 3.16. The number of pyridine rings is 1. The first-order chi connectivity index (χ1) is 5.75. The predicted molar refractivity (Wildman–Crippen MR) is 50.6 cm³/mol. The van der Waals surface area contributed by atoms with E-state index in [1.165, 1.54) is 6.07 Å². The second-order valence-corrected chi connectivity index (χ2v) is 3.78. The van der Waals surface area contributed by atoms with Gasteiger partial charge in [0.15, 0.2) is 5.82 Å². The molecule has 0 unspecified atom stereocenters. The van der Waals surface area contributed by atoms with Crippen LogP contribution in [0, 0.1) is 9.52 Å². The lowest BCUT2D eigenvalue weighted by molar-refractivity contribution is 0.300. The van der Waals surface area contributed by atoms with Gasteiger partial charge in [-0.05, 0) is 35.4 Å². The SMILES string of the molecule is Fc1cc(OC2CC2)cnc1I. The van der Waals surface area contributed by atoms with Gasteiger partial charge in [-0.25, -0.2) is 9.37 Å². The number of aromatic nitrogens is 1. The van der Waals surface area contributed by atoms with E-state index in [1.54, 1.807) is 6.20 Å². The lowest BCUT2D eigenvalue weighted by atomic mass is 10.4. The molecule has 64 valence electrons. The number of halogens is 2. The van der Waals surface area contributed by atoms with Crippen LogP contribution in [0.5, 0.6) is 5.75 Å². The van der Waals surface area contributed by atoms with E-state index in [4.69, 9.17) is 4.74 Å². The Hall–Kier alpha value is -0.390. The molecule has 1 aromatic rings. The van der Waals surface area contributed by atoms with Gasteiger partial charge in [0.2, 0.25) is 0 Å². The highest BCUT2D eigenvalue weighted by Crippen LogP contribution is 2.26. The van der Waals surface area contributed by atoms with E-state index >= 15 is 0 Å². The van der Waals surface area contributed by atoms with Crippen molar-refractivity contribution in [1.82, 2.24) is 4.98 Å². The molecule has 0 aromatic carbocycles. The average molecular weight is 279 g/mol. The Morgan fingerprint density at radius 1 is 1.58 bits per heavy atom. The van der Waals surface area contributed by atoms with Crippen LogP contribution in [0.4, 0.5) is 4.39 Å². The number of hydrogen-bond donors (Lipinski definition) is 0. The monoisotopic (exact) mass is 279 g/mol. The first-order valence-electron chi connectivity index (χ1n) is 3.73. The van der Waals surface area contributed by atoms with Crippen molar-refractivity contribution in [2.24, 2.45) is 0 Å². The third-order valence-corrected chi connectivity index (χ3v) is 2.39. The van der Waals surface area contributed by atoms with E-state index < -0.39 is 0 Å². The van der Waals surface area contributed by atoms with Crippen LogP contribution >= 0.6 is 22.6 Å². The van der Waals surface area contributed by atoms with Gasteiger partial charge in [0.1, 0.15) is 9.45 Å². The van der Waals surface area contributed by atoms with E-state index in [9.17, 15) is 4.39 Å². The fourth-order valence-corrected chi connectivity index (χ4v) is 1.14. The van der Waals surface area contributed by atoms with Gasteiger partial charge in [-0.1, -0.05) is 0 Å². The third kappa shape index (κ3) is 1.85. The fraction of sp³-hybridized carbons (Fsp3) is 0.375. The minimum Gasteiger partial charge on any atom is -0.489 e. The highest BCUT2D eigenvalue weighted by Gasteiger charge is 2.23. The Morgan fingerprint density at radius 2 is 2.33 bits per heavy atom. The molecule has 1 heterocycles. The minimum absolute atomic E-state index is 0.297. The molecule has 0 spiro atoms. The summed E-state index contributed by atoms with van der Waals surface area (Å²) < 4.78 is 18.6. The predicted octanol–water partition coefficient (Wildman–Crippen LogP) is 2.37. The van der Waals surface area contributed by atoms with Crippen LogP contribution in [0.1, 0.15) is 12.8 Å². The molecule has 1 saturated carbocycles. The van der Waals surface area contributed by atoms with Gasteiger partial charge in [0.25, 0.3) is 0 Å². The maximum Gasteiger partial charge on any atom is 0.158 e. The van der Waals surface area contributed by atoms with Crippen molar-refractivity contribution < 1.29 is 9.13 Å². The summed E-state index contributed by atoms with van der Waals surface area (Å²) in [7, 11) is 0. The second-order valence-electron chi connectivity index (χ2n) is 2.76. The van der Waals surface area contributed by atoms with Crippen LogP contribution in [-0.2, 0) is 0 Å². The number of nitrogens with zero attached hydrogens (tertiary/aromatic N) is 1. The summed E-state index contributed by atoms with van der Waals surface area (Å²) >= 11 is 1.85. The van der Waals surface area contributed by atoms with E-state index in [-0.39, 0.29) is 5.82 Å². The minimum atomic E-state index is -0.311. The van der Waals surface area contributed by atoms with Gasteiger partial charge in [-0.15, -0.1) is 0 Å². The molecule has 0 amide bonds. The molecular formula is C8H7FINO. The quantitative estimate of drug-likeness (QED) is 0.612. The maximum absolute atomic E-state index is 12.9. The van der Waals surface area contributed by atoms with Crippen molar-refractivity contribution in [3.05, 3.63) is 21.8 Å². The fourth-order valence-electron chi connectivity index (χ4n) is 0.846. The Balaban J connectivity index is 2.15. The Bertz CT molecular complexity index is 301. The molecule has 1 fully saturated rings. The first kappa shape index (κ1) is 8.22. The lowest BCUT2D eigenvalue weighted by Gasteiger charge is -2.03. The zero-order valence-electron chi connectivity index (χ0n) is 6.26. The summed E-state index contributed by atoms with van der Waals surface area (Å²) in [5.41, 5.74) is 0. The van der Waals surface area contributed by atoms with Crippen molar-refractivity contribution in [3.8, 4) is 5.75 Å². The molecule has 0 radical (unpaired) electrons. The first-order valence-corrected chi connectivity index (χ1v) is 4.81. The molecule has 2 nitrogen and oxygen atoms in total. The van der Waals surface area contributed by atoms with Gasteiger partial charge in [-0.2, -0.15) is 0 Å². The van der Waals surface area contributed by atoms with E-state index in [2.05, 4.69) is 4.98 Å². The van der Waals surface area contributed by atoms with Crippen LogP contribution in [0.2, 0.25) is 0 Å².